The highest BCUT2D eigenvalue weighted by atomic mass is 19.3. The lowest BCUT2D eigenvalue weighted by Gasteiger charge is -2.05. The molecule has 2 aromatic heterocycles. The number of ether oxygens (including phenoxy) is 1. The number of aromatic amines is 1. The molecule has 1 aromatic carbocycles. The topological polar surface area (TPSA) is 67.9 Å². The molecule has 21 heavy (non-hydrogen) atoms. The standard InChI is InChI=1S/C14H9F2N3O2/c15-14(16)21-10-3-1-2-9(5-10)12-13-11(18-19-12)4-8(7-20)6-17-13/h1-7,14H,(H,18,19). The van der Waals surface area contributed by atoms with Crippen LogP contribution in [0.2, 0.25) is 0 Å². The predicted molar refractivity (Wildman–Crippen MR) is 71.3 cm³/mol. The van der Waals surface area contributed by atoms with E-state index in [1.54, 1.807) is 18.2 Å². The van der Waals surface area contributed by atoms with Crippen molar-refractivity contribution in [2.45, 2.75) is 6.61 Å². The smallest absolute Gasteiger partial charge is 0.387 e. The van der Waals surface area contributed by atoms with Gasteiger partial charge in [0.2, 0.25) is 0 Å². The maximum atomic E-state index is 12.2. The van der Waals surface area contributed by atoms with Crippen molar-refractivity contribution < 1.29 is 18.3 Å². The van der Waals surface area contributed by atoms with E-state index >= 15 is 0 Å². The Hall–Kier alpha value is -2.83. The number of hydrogen-bond acceptors (Lipinski definition) is 4. The predicted octanol–water partition coefficient (Wildman–Crippen LogP) is 3.04. The molecule has 7 heteroatoms. The van der Waals surface area contributed by atoms with Crippen LogP contribution in [-0.2, 0) is 0 Å². The van der Waals surface area contributed by atoms with Crippen LogP contribution in [0.1, 0.15) is 10.4 Å². The van der Waals surface area contributed by atoms with Gasteiger partial charge in [-0.2, -0.15) is 13.9 Å². The van der Waals surface area contributed by atoms with Gasteiger partial charge in [0.1, 0.15) is 17.0 Å². The van der Waals surface area contributed by atoms with Crippen molar-refractivity contribution in [1.29, 1.82) is 0 Å². The largest absolute Gasteiger partial charge is 0.435 e. The molecule has 0 saturated heterocycles. The summed E-state index contributed by atoms with van der Waals surface area (Å²) in [7, 11) is 0. The third-order valence-corrected chi connectivity index (χ3v) is 2.89. The highest BCUT2D eigenvalue weighted by molar-refractivity contribution is 5.92. The first-order valence-electron chi connectivity index (χ1n) is 6.02. The number of benzene rings is 1. The lowest BCUT2D eigenvalue weighted by Crippen LogP contribution is -2.01. The lowest BCUT2D eigenvalue weighted by atomic mass is 10.1. The van der Waals surface area contributed by atoms with Crippen molar-refractivity contribution in [2.75, 3.05) is 0 Å². The molecule has 0 spiro atoms. The second kappa shape index (κ2) is 5.28. The second-order valence-corrected chi connectivity index (χ2v) is 4.26. The highest BCUT2D eigenvalue weighted by Gasteiger charge is 2.12. The zero-order chi connectivity index (χ0) is 14.8. The average Bonchev–Trinajstić information content (AvgIpc) is 2.89. The molecular formula is C14H9F2N3O2. The summed E-state index contributed by atoms with van der Waals surface area (Å²) in [4.78, 5) is 14.9. The average molecular weight is 289 g/mol. The minimum atomic E-state index is -2.88. The van der Waals surface area contributed by atoms with Crippen molar-refractivity contribution in [1.82, 2.24) is 15.2 Å². The Morgan fingerprint density at radius 3 is 2.90 bits per heavy atom. The number of nitrogens with zero attached hydrogens (tertiary/aromatic N) is 2. The number of carbonyl (C=O) groups excluding carboxylic acids is 1. The first-order valence-corrected chi connectivity index (χ1v) is 6.02. The lowest BCUT2D eigenvalue weighted by molar-refractivity contribution is -0.0498. The summed E-state index contributed by atoms with van der Waals surface area (Å²) in [5.41, 5.74) is 2.66. The number of aromatic nitrogens is 3. The Morgan fingerprint density at radius 1 is 1.29 bits per heavy atom. The minimum Gasteiger partial charge on any atom is -0.435 e. The van der Waals surface area contributed by atoms with E-state index in [9.17, 15) is 13.6 Å². The van der Waals surface area contributed by atoms with E-state index in [0.717, 1.165) is 0 Å². The Labute approximate surface area is 117 Å². The van der Waals surface area contributed by atoms with Gasteiger partial charge in [0.25, 0.3) is 0 Å². The fraction of sp³-hybridized carbons (Fsp3) is 0.0714. The third kappa shape index (κ3) is 2.58. The van der Waals surface area contributed by atoms with E-state index in [0.29, 0.717) is 34.1 Å². The van der Waals surface area contributed by atoms with E-state index in [-0.39, 0.29) is 5.75 Å². The SMILES string of the molecule is O=Cc1cnc2c(-c3cccc(OC(F)F)c3)n[nH]c2c1. The van der Waals surface area contributed by atoms with E-state index in [2.05, 4.69) is 19.9 Å². The van der Waals surface area contributed by atoms with E-state index in [1.165, 1.54) is 18.3 Å². The summed E-state index contributed by atoms with van der Waals surface area (Å²) in [6.07, 6.45) is 2.11. The van der Waals surface area contributed by atoms with Gasteiger partial charge in [-0.15, -0.1) is 0 Å². The molecule has 0 unspecified atom stereocenters. The fourth-order valence-corrected chi connectivity index (χ4v) is 2.01. The van der Waals surface area contributed by atoms with Crippen LogP contribution in [-0.4, -0.2) is 28.1 Å². The molecule has 3 aromatic rings. The summed E-state index contributed by atoms with van der Waals surface area (Å²) < 4.78 is 28.8. The molecule has 0 saturated carbocycles. The number of halogens is 2. The first kappa shape index (κ1) is 13.2. The monoisotopic (exact) mass is 289 g/mol. The Balaban J connectivity index is 2.06. The first-order chi connectivity index (χ1) is 10.2. The minimum absolute atomic E-state index is 0.0446. The van der Waals surface area contributed by atoms with Gasteiger partial charge in [-0.3, -0.25) is 14.9 Å². The number of aldehydes is 1. The van der Waals surface area contributed by atoms with Crippen LogP contribution in [0, 0.1) is 0 Å². The molecular weight excluding hydrogens is 280 g/mol. The number of fused-ring (bicyclic) bond motifs is 1. The molecule has 1 N–H and O–H groups in total. The quantitative estimate of drug-likeness (QED) is 0.750. The normalized spacial score (nSPS) is 11.0. The van der Waals surface area contributed by atoms with E-state index in [1.807, 2.05) is 0 Å². The third-order valence-electron chi connectivity index (χ3n) is 2.89. The molecule has 2 heterocycles. The maximum absolute atomic E-state index is 12.2. The van der Waals surface area contributed by atoms with Crippen molar-refractivity contribution >= 4 is 17.3 Å². The van der Waals surface area contributed by atoms with Gasteiger partial charge in [0, 0.05) is 17.3 Å². The number of H-pyrrole nitrogens is 1. The summed E-state index contributed by atoms with van der Waals surface area (Å²) in [5, 5.41) is 6.88. The van der Waals surface area contributed by atoms with Crippen molar-refractivity contribution in [3.63, 3.8) is 0 Å². The van der Waals surface area contributed by atoms with Crippen LogP contribution >= 0.6 is 0 Å². The number of alkyl halides is 2. The molecule has 0 radical (unpaired) electrons. The summed E-state index contributed by atoms with van der Waals surface area (Å²) in [5.74, 6) is 0.0446. The Morgan fingerprint density at radius 2 is 2.14 bits per heavy atom. The molecule has 0 amide bonds. The van der Waals surface area contributed by atoms with Gasteiger partial charge < -0.3 is 4.74 Å². The maximum Gasteiger partial charge on any atom is 0.387 e. The zero-order valence-corrected chi connectivity index (χ0v) is 10.6. The van der Waals surface area contributed by atoms with Crippen molar-refractivity contribution in [3.05, 3.63) is 42.1 Å². The van der Waals surface area contributed by atoms with Gasteiger partial charge in [-0.05, 0) is 18.2 Å². The molecule has 106 valence electrons. The van der Waals surface area contributed by atoms with Gasteiger partial charge in [-0.1, -0.05) is 12.1 Å². The second-order valence-electron chi connectivity index (χ2n) is 4.26. The van der Waals surface area contributed by atoms with Gasteiger partial charge in [-0.25, -0.2) is 0 Å². The summed E-state index contributed by atoms with van der Waals surface area (Å²) >= 11 is 0. The number of hydrogen-bond donors (Lipinski definition) is 1. The van der Waals surface area contributed by atoms with Crippen LogP contribution in [0.4, 0.5) is 8.78 Å². The molecule has 0 atom stereocenters. The van der Waals surface area contributed by atoms with Gasteiger partial charge >= 0.3 is 6.61 Å². The number of pyridine rings is 1. The van der Waals surface area contributed by atoms with Crippen LogP contribution in [0.15, 0.2) is 36.5 Å². The highest BCUT2D eigenvalue weighted by Crippen LogP contribution is 2.28. The molecule has 0 aliphatic rings. The molecule has 0 aliphatic heterocycles. The fourth-order valence-electron chi connectivity index (χ4n) is 2.01. The van der Waals surface area contributed by atoms with E-state index in [4.69, 9.17) is 0 Å². The van der Waals surface area contributed by atoms with Crippen molar-refractivity contribution in [3.8, 4) is 17.0 Å². The Kier molecular flexibility index (Phi) is 3.31. The molecule has 0 aliphatic carbocycles. The van der Waals surface area contributed by atoms with Gasteiger partial charge in [0.15, 0.2) is 6.29 Å². The van der Waals surface area contributed by atoms with Crippen LogP contribution in [0.3, 0.4) is 0 Å². The van der Waals surface area contributed by atoms with E-state index < -0.39 is 6.61 Å². The van der Waals surface area contributed by atoms with Crippen LogP contribution in [0.5, 0.6) is 5.75 Å². The zero-order valence-electron chi connectivity index (χ0n) is 10.6. The summed E-state index contributed by atoms with van der Waals surface area (Å²) in [6.45, 7) is -2.88. The van der Waals surface area contributed by atoms with Crippen LogP contribution < -0.4 is 4.74 Å². The molecule has 0 bridgehead atoms. The molecule has 0 fully saturated rings. The number of carbonyl (C=O) groups is 1. The van der Waals surface area contributed by atoms with Gasteiger partial charge in [0.05, 0.1) is 5.52 Å². The molecule has 5 nitrogen and oxygen atoms in total. The van der Waals surface area contributed by atoms with Crippen molar-refractivity contribution in [2.24, 2.45) is 0 Å². The number of nitrogens with one attached hydrogen (secondary N) is 1. The molecule has 3 rings (SSSR count). The summed E-state index contributed by atoms with van der Waals surface area (Å²) in [6, 6.07) is 7.81. The van der Waals surface area contributed by atoms with Crippen LogP contribution in [0.25, 0.3) is 22.3 Å². The number of rotatable bonds is 4. The Bertz CT molecular complexity index is 802.